The first-order valence-corrected chi connectivity index (χ1v) is 10.4. The molecule has 1 aliphatic rings. The Labute approximate surface area is 194 Å². The predicted octanol–water partition coefficient (Wildman–Crippen LogP) is 3.17. The molecule has 2 aromatic rings. The molecular formula is C20H31IN6OS. The van der Waals surface area contributed by atoms with Crippen molar-refractivity contribution < 1.29 is 4.74 Å². The minimum absolute atomic E-state index is 0. The molecule has 1 aromatic heterocycles. The second-order valence-electron chi connectivity index (χ2n) is 7.07. The summed E-state index contributed by atoms with van der Waals surface area (Å²) >= 11 is 1.65. The molecule has 0 saturated carbocycles. The minimum Gasteiger partial charge on any atom is -0.497 e. The summed E-state index contributed by atoms with van der Waals surface area (Å²) in [5.74, 6) is 1.71. The van der Waals surface area contributed by atoms with Gasteiger partial charge < -0.3 is 25.2 Å². The maximum atomic E-state index is 5.37. The average molecular weight is 530 g/mol. The smallest absolute Gasteiger partial charge is 0.191 e. The highest BCUT2D eigenvalue weighted by atomic mass is 127. The zero-order valence-corrected chi connectivity index (χ0v) is 20.7. The van der Waals surface area contributed by atoms with Crippen LogP contribution in [0.15, 0.2) is 34.6 Å². The molecule has 1 fully saturated rings. The number of methoxy groups -OCH3 is 1. The highest BCUT2D eigenvalue weighted by molar-refractivity contribution is 14.0. The minimum atomic E-state index is 0. The van der Waals surface area contributed by atoms with E-state index < -0.39 is 0 Å². The van der Waals surface area contributed by atoms with Crippen molar-refractivity contribution >= 4 is 52.1 Å². The largest absolute Gasteiger partial charge is 0.497 e. The lowest BCUT2D eigenvalue weighted by Crippen LogP contribution is -2.51. The van der Waals surface area contributed by atoms with Crippen molar-refractivity contribution in [2.45, 2.75) is 25.4 Å². The fraction of sp³-hybridized carbons (Fsp3) is 0.500. The van der Waals surface area contributed by atoms with Gasteiger partial charge in [-0.3, -0.25) is 4.99 Å². The van der Waals surface area contributed by atoms with Crippen LogP contribution in [0.25, 0.3) is 0 Å². The molecule has 2 heterocycles. The van der Waals surface area contributed by atoms with E-state index in [4.69, 9.17) is 4.74 Å². The van der Waals surface area contributed by atoms with E-state index in [1.807, 2.05) is 38.2 Å². The van der Waals surface area contributed by atoms with Gasteiger partial charge in [-0.2, -0.15) is 0 Å². The van der Waals surface area contributed by atoms with Crippen LogP contribution in [0.5, 0.6) is 5.75 Å². The fourth-order valence-electron chi connectivity index (χ4n) is 3.28. The molecule has 160 valence electrons. The van der Waals surface area contributed by atoms with Crippen LogP contribution in [0.2, 0.25) is 0 Å². The van der Waals surface area contributed by atoms with Gasteiger partial charge in [0.25, 0.3) is 0 Å². The lowest BCUT2D eigenvalue weighted by molar-refractivity contribution is 0.414. The molecule has 1 aromatic carbocycles. The molecule has 0 spiro atoms. The first-order valence-electron chi connectivity index (χ1n) is 9.57. The van der Waals surface area contributed by atoms with E-state index >= 15 is 0 Å². The Morgan fingerprint density at radius 1 is 1.41 bits per heavy atom. The number of halogens is 1. The van der Waals surface area contributed by atoms with Gasteiger partial charge in [0.1, 0.15) is 5.75 Å². The van der Waals surface area contributed by atoms with Crippen molar-refractivity contribution in [3.8, 4) is 5.75 Å². The monoisotopic (exact) mass is 530 g/mol. The molecule has 0 aliphatic carbocycles. The van der Waals surface area contributed by atoms with E-state index in [-0.39, 0.29) is 24.0 Å². The number of benzene rings is 1. The number of piperidine rings is 1. The molecule has 1 unspecified atom stereocenters. The number of nitrogens with one attached hydrogen (secondary N) is 2. The van der Waals surface area contributed by atoms with E-state index in [0.29, 0.717) is 12.6 Å². The molecular weight excluding hydrogens is 499 g/mol. The van der Waals surface area contributed by atoms with E-state index in [1.54, 1.807) is 18.4 Å². The average Bonchev–Trinajstić information content (AvgIpc) is 3.21. The summed E-state index contributed by atoms with van der Waals surface area (Å²) in [6.07, 6.45) is 2.27. The first-order chi connectivity index (χ1) is 13.6. The van der Waals surface area contributed by atoms with Crippen LogP contribution >= 0.6 is 35.3 Å². The van der Waals surface area contributed by atoms with Gasteiger partial charge in [0.15, 0.2) is 11.1 Å². The lowest BCUT2D eigenvalue weighted by Gasteiger charge is -2.35. The SMILES string of the molecule is CN=C(NCc1csc(N(C)C)n1)NC1CCCN(c2cccc(OC)c2)C1.I. The van der Waals surface area contributed by atoms with Crippen LogP contribution in [-0.4, -0.2) is 58.3 Å². The Balaban J connectivity index is 0.00000300. The van der Waals surface area contributed by atoms with E-state index in [0.717, 1.165) is 48.5 Å². The van der Waals surface area contributed by atoms with Crippen LogP contribution in [0.3, 0.4) is 0 Å². The van der Waals surface area contributed by atoms with Crippen LogP contribution in [0.1, 0.15) is 18.5 Å². The van der Waals surface area contributed by atoms with Crippen LogP contribution < -0.4 is 25.2 Å². The van der Waals surface area contributed by atoms with E-state index in [9.17, 15) is 0 Å². The number of aromatic nitrogens is 1. The lowest BCUT2D eigenvalue weighted by atomic mass is 10.0. The third-order valence-corrected chi connectivity index (χ3v) is 5.82. The third-order valence-electron chi connectivity index (χ3n) is 4.76. The van der Waals surface area contributed by atoms with Gasteiger partial charge in [0.05, 0.1) is 19.3 Å². The van der Waals surface area contributed by atoms with Crippen LogP contribution in [0, 0.1) is 0 Å². The Morgan fingerprint density at radius 3 is 2.93 bits per heavy atom. The summed E-state index contributed by atoms with van der Waals surface area (Å²) in [5, 5.41) is 10.0. The number of hydrogen-bond donors (Lipinski definition) is 2. The van der Waals surface area contributed by atoms with Crippen molar-refractivity contribution in [1.82, 2.24) is 15.6 Å². The summed E-state index contributed by atoms with van der Waals surface area (Å²) in [5.41, 5.74) is 2.23. The number of aliphatic imine (C=N–C) groups is 1. The van der Waals surface area contributed by atoms with Gasteiger partial charge in [0.2, 0.25) is 0 Å². The number of anilines is 2. The summed E-state index contributed by atoms with van der Waals surface area (Å²) < 4.78 is 5.37. The topological polar surface area (TPSA) is 65.0 Å². The van der Waals surface area contributed by atoms with Crippen molar-refractivity contribution in [1.29, 1.82) is 0 Å². The maximum Gasteiger partial charge on any atom is 0.191 e. The fourth-order valence-corrected chi connectivity index (χ4v) is 4.04. The Morgan fingerprint density at radius 2 is 2.24 bits per heavy atom. The van der Waals surface area contributed by atoms with Crippen LogP contribution in [-0.2, 0) is 6.54 Å². The van der Waals surface area contributed by atoms with Gasteiger partial charge >= 0.3 is 0 Å². The number of ether oxygens (including phenoxy) is 1. The quantitative estimate of drug-likeness (QED) is 0.340. The van der Waals surface area contributed by atoms with Gasteiger partial charge in [-0.1, -0.05) is 6.07 Å². The third kappa shape index (κ3) is 6.63. The second kappa shape index (κ2) is 11.4. The Hall–Kier alpha value is -1.75. The summed E-state index contributed by atoms with van der Waals surface area (Å²) in [7, 11) is 7.53. The van der Waals surface area contributed by atoms with Gasteiger partial charge in [-0.25, -0.2) is 4.98 Å². The zero-order chi connectivity index (χ0) is 19.9. The van der Waals surface area contributed by atoms with E-state index in [1.165, 1.54) is 5.69 Å². The summed E-state index contributed by atoms with van der Waals surface area (Å²) in [4.78, 5) is 13.4. The standard InChI is InChI=1S/C20H30N6OS.HI/c1-21-19(22-12-16-14-28-20(24-16)25(2)3)23-15-7-6-10-26(13-15)17-8-5-9-18(11-17)27-4;/h5,8-9,11,14-15H,6-7,10,12-13H2,1-4H3,(H2,21,22,23);1H. The van der Waals surface area contributed by atoms with Gasteiger partial charge in [-0.05, 0) is 25.0 Å². The normalized spacial score (nSPS) is 16.8. The molecule has 0 amide bonds. The zero-order valence-electron chi connectivity index (χ0n) is 17.5. The molecule has 1 saturated heterocycles. The Bertz CT molecular complexity index is 797. The number of nitrogens with zero attached hydrogens (tertiary/aromatic N) is 4. The molecule has 0 radical (unpaired) electrons. The van der Waals surface area contributed by atoms with E-state index in [2.05, 4.69) is 43.0 Å². The van der Waals surface area contributed by atoms with Gasteiger partial charge in [0, 0.05) is 57.4 Å². The van der Waals surface area contributed by atoms with Crippen molar-refractivity contribution in [3.05, 3.63) is 35.3 Å². The molecule has 2 N–H and O–H groups in total. The molecule has 7 nitrogen and oxygen atoms in total. The number of thiazole rings is 1. The molecule has 0 bridgehead atoms. The van der Waals surface area contributed by atoms with Crippen LogP contribution in [0.4, 0.5) is 10.8 Å². The number of rotatable bonds is 6. The number of hydrogen-bond acceptors (Lipinski definition) is 6. The second-order valence-corrected chi connectivity index (χ2v) is 7.91. The highest BCUT2D eigenvalue weighted by Crippen LogP contribution is 2.24. The molecule has 29 heavy (non-hydrogen) atoms. The molecule has 1 atom stereocenters. The predicted molar refractivity (Wildman–Crippen MR) is 133 cm³/mol. The molecule has 3 rings (SSSR count). The molecule has 9 heteroatoms. The molecule has 1 aliphatic heterocycles. The number of guanidine groups is 1. The summed E-state index contributed by atoms with van der Waals surface area (Å²) in [6.45, 7) is 2.66. The highest BCUT2D eigenvalue weighted by Gasteiger charge is 2.21. The first kappa shape index (κ1) is 23.5. The maximum absolute atomic E-state index is 5.37. The van der Waals surface area contributed by atoms with Gasteiger partial charge in [-0.15, -0.1) is 35.3 Å². The van der Waals surface area contributed by atoms with Crippen molar-refractivity contribution in [2.24, 2.45) is 4.99 Å². The van der Waals surface area contributed by atoms with Crippen molar-refractivity contribution in [2.75, 3.05) is 51.1 Å². The summed E-state index contributed by atoms with van der Waals surface area (Å²) in [6, 6.07) is 8.61. The Kier molecular flexibility index (Phi) is 9.28. The van der Waals surface area contributed by atoms with Crippen molar-refractivity contribution in [3.63, 3.8) is 0 Å².